The molecule has 0 saturated carbocycles. The number of para-hydroxylation sites is 1. The molecule has 0 aliphatic heterocycles. The van der Waals surface area contributed by atoms with Crippen LogP contribution in [0.5, 0.6) is 0 Å². The summed E-state index contributed by atoms with van der Waals surface area (Å²) in [4.78, 5) is 4.63. The SMILES string of the molecule is OCC(Cc1nc2ccccc2s1)c1ccccc1. The predicted octanol–water partition coefficient (Wildman–Crippen LogP) is 3.61. The lowest BCUT2D eigenvalue weighted by Gasteiger charge is -2.12. The van der Waals surface area contributed by atoms with Gasteiger partial charge < -0.3 is 5.11 Å². The van der Waals surface area contributed by atoms with Crippen LogP contribution in [-0.4, -0.2) is 16.7 Å². The molecule has 0 aliphatic rings. The van der Waals surface area contributed by atoms with Gasteiger partial charge in [0.2, 0.25) is 0 Å². The second-order valence-corrected chi connectivity index (χ2v) is 5.68. The number of benzene rings is 2. The Morgan fingerprint density at radius 1 is 1.00 bits per heavy atom. The highest BCUT2D eigenvalue weighted by atomic mass is 32.1. The monoisotopic (exact) mass is 269 g/mol. The Hall–Kier alpha value is -1.71. The van der Waals surface area contributed by atoms with Crippen molar-refractivity contribution in [1.82, 2.24) is 4.98 Å². The fraction of sp³-hybridized carbons (Fsp3) is 0.188. The van der Waals surface area contributed by atoms with E-state index in [9.17, 15) is 5.11 Å². The first-order valence-corrected chi connectivity index (χ1v) is 7.18. The first-order chi connectivity index (χ1) is 9.36. The summed E-state index contributed by atoms with van der Waals surface area (Å²) in [5.74, 6) is 0.127. The molecule has 0 radical (unpaired) electrons. The number of fused-ring (bicyclic) bond motifs is 1. The zero-order chi connectivity index (χ0) is 13.1. The lowest BCUT2D eigenvalue weighted by atomic mass is 9.97. The maximum Gasteiger partial charge on any atom is 0.0945 e. The molecule has 19 heavy (non-hydrogen) atoms. The Labute approximate surface area is 116 Å². The first kappa shape index (κ1) is 12.3. The van der Waals surface area contributed by atoms with Crippen LogP contribution in [0, 0.1) is 0 Å². The Morgan fingerprint density at radius 2 is 1.74 bits per heavy atom. The standard InChI is InChI=1S/C16H15NOS/c18-11-13(12-6-2-1-3-7-12)10-16-17-14-8-4-5-9-15(14)19-16/h1-9,13,18H,10-11H2. The summed E-state index contributed by atoms with van der Waals surface area (Å²) in [7, 11) is 0. The van der Waals surface area contributed by atoms with E-state index in [-0.39, 0.29) is 12.5 Å². The van der Waals surface area contributed by atoms with Crippen LogP contribution in [-0.2, 0) is 6.42 Å². The van der Waals surface area contributed by atoms with Gasteiger partial charge in [-0.1, -0.05) is 42.5 Å². The predicted molar refractivity (Wildman–Crippen MR) is 79.6 cm³/mol. The molecule has 1 aromatic heterocycles. The van der Waals surface area contributed by atoms with Crippen molar-refractivity contribution in [3.8, 4) is 0 Å². The average molecular weight is 269 g/mol. The van der Waals surface area contributed by atoms with E-state index >= 15 is 0 Å². The van der Waals surface area contributed by atoms with Crippen molar-refractivity contribution in [3.63, 3.8) is 0 Å². The van der Waals surface area contributed by atoms with Crippen molar-refractivity contribution in [3.05, 3.63) is 65.2 Å². The second-order valence-electron chi connectivity index (χ2n) is 4.57. The molecule has 2 nitrogen and oxygen atoms in total. The van der Waals surface area contributed by atoms with Crippen molar-refractivity contribution in [1.29, 1.82) is 0 Å². The number of rotatable bonds is 4. The van der Waals surface area contributed by atoms with Crippen LogP contribution in [0.4, 0.5) is 0 Å². The van der Waals surface area contributed by atoms with Crippen molar-refractivity contribution in [2.24, 2.45) is 0 Å². The minimum absolute atomic E-state index is 0.127. The van der Waals surface area contributed by atoms with Crippen molar-refractivity contribution < 1.29 is 5.11 Å². The van der Waals surface area contributed by atoms with E-state index in [1.807, 2.05) is 36.4 Å². The summed E-state index contributed by atoms with van der Waals surface area (Å²) in [6.07, 6.45) is 0.792. The van der Waals surface area contributed by atoms with Crippen LogP contribution < -0.4 is 0 Å². The summed E-state index contributed by atoms with van der Waals surface area (Å²) in [5, 5.41) is 10.7. The number of nitrogens with zero attached hydrogens (tertiary/aromatic N) is 1. The highest BCUT2D eigenvalue weighted by Crippen LogP contribution is 2.27. The zero-order valence-electron chi connectivity index (χ0n) is 10.5. The molecule has 3 heteroatoms. The quantitative estimate of drug-likeness (QED) is 0.785. The minimum atomic E-state index is 0.127. The number of thiazole rings is 1. The van der Waals surface area contributed by atoms with Crippen molar-refractivity contribution in [2.45, 2.75) is 12.3 Å². The average Bonchev–Trinajstić information content (AvgIpc) is 2.88. The van der Waals surface area contributed by atoms with E-state index in [4.69, 9.17) is 0 Å². The second kappa shape index (κ2) is 5.51. The fourth-order valence-corrected chi connectivity index (χ4v) is 3.28. The summed E-state index contributed by atoms with van der Waals surface area (Å²) in [5.41, 5.74) is 2.22. The maximum absolute atomic E-state index is 9.59. The molecule has 96 valence electrons. The summed E-state index contributed by atoms with van der Waals surface area (Å²) in [6, 6.07) is 18.3. The van der Waals surface area contributed by atoms with Gasteiger partial charge in [0.1, 0.15) is 0 Å². The Morgan fingerprint density at radius 3 is 2.47 bits per heavy atom. The van der Waals surface area contributed by atoms with Crippen molar-refractivity contribution >= 4 is 21.6 Å². The Kier molecular flexibility index (Phi) is 3.58. The Balaban J connectivity index is 1.86. The van der Waals surface area contributed by atoms with Crippen LogP contribution in [0.25, 0.3) is 10.2 Å². The molecule has 1 N–H and O–H groups in total. The van der Waals surface area contributed by atoms with Crippen LogP contribution in [0.2, 0.25) is 0 Å². The lowest BCUT2D eigenvalue weighted by molar-refractivity contribution is 0.264. The number of aliphatic hydroxyl groups excluding tert-OH is 1. The molecular formula is C16H15NOS. The molecule has 3 rings (SSSR count). The van der Waals surface area contributed by atoms with E-state index in [1.54, 1.807) is 11.3 Å². The van der Waals surface area contributed by atoms with E-state index in [1.165, 1.54) is 10.3 Å². The van der Waals surface area contributed by atoms with Crippen molar-refractivity contribution in [2.75, 3.05) is 6.61 Å². The third-order valence-electron chi connectivity index (χ3n) is 3.25. The van der Waals surface area contributed by atoms with Gasteiger partial charge in [-0.05, 0) is 17.7 Å². The molecule has 0 saturated heterocycles. The fourth-order valence-electron chi connectivity index (χ4n) is 2.23. The molecular weight excluding hydrogens is 254 g/mol. The van der Waals surface area contributed by atoms with Gasteiger partial charge in [0.15, 0.2) is 0 Å². The van der Waals surface area contributed by atoms with Gasteiger partial charge in [0.25, 0.3) is 0 Å². The number of aromatic nitrogens is 1. The summed E-state index contributed by atoms with van der Waals surface area (Å²) in [6.45, 7) is 0.153. The molecule has 0 amide bonds. The van der Waals surface area contributed by atoms with E-state index in [0.717, 1.165) is 16.9 Å². The molecule has 0 spiro atoms. The van der Waals surface area contributed by atoms with Gasteiger partial charge in [0, 0.05) is 12.3 Å². The lowest BCUT2D eigenvalue weighted by Crippen LogP contribution is -2.07. The smallest absolute Gasteiger partial charge is 0.0945 e. The maximum atomic E-state index is 9.59. The van der Waals surface area contributed by atoms with Crippen LogP contribution in [0.15, 0.2) is 54.6 Å². The van der Waals surface area contributed by atoms with Gasteiger partial charge >= 0.3 is 0 Å². The molecule has 1 unspecified atom stereocenters. The zero-order valence-corrected chi connectivity index (χ0v) is 11.3. The third-order valence-corrected chi connectivity index (χ3v) is 4.31. The Bertz CT molecular complexity index is 630. The highest BCUT2D eigenvalue weighted by molar-refractivity contribution is 7.18. The molecule has 0 fully saturated rings. The largest absolute Gasteiger partial charge is 0.396 e. The molecule has 0 bridgehead atoms. The number of hydrogen-bond acceptors (Lipinski definition) is 3. The highest BCUT2D eigenvalue weighted by Gasteiger charge is 2.13. The normalized spacial score (nSPS) is 12.7. The van der Waals surface area contributed by atoms with Crippen LogP contribution >= 0.6 is 11.3 Å². The summed E-state index contributed by atoms with van der Waals surface area (Å²) < 4.78 is 1.21. The molecule has 1 atom stereocenters. The van der Waals surface area contributed by atoms with Gasteiger partial charge in [0.05, 0.1) is 21.8 Å². The number of aliphatic hydroxyl groups is 1. The van der Waals surface area contributed by atoms with Gasteiger partial charge in [-0.3, -0.25) is 0 Å². The van der Waals surface area contributed by atoms with Crippen LogP contribution in [0.1, 0.15) is 16.5 Å². The van der Waals surface area contributed by atoms with Crippen LogP contribution in [0.3, 0.4) is 0 Å². The number of hydrogen-bond donors (Lipinski definition) is 1. The van der Waals surface area contributed by atoms with Gasteiger partial charge in [-0.2, -0.15) is 0 Å². The third kappa shape index (κ3) is 2.67. The van der Waals surface area contributed by atoms with Gasteiger partial charge in [-0.25, -0.2) is 4.98 Å². The van der Waals surface area contributed by atoms with E-state index in [2.05, 4.69) is 23.2 Å². The topological polar surface area (TPSA) is 33.1 Å². The minimum Gasteiger partial charge on any atom is -0.396 e. The van der Waals surface area contributed by atoms with E-state index in [0.29, 0.717) is 0 Å². The molecule has 2 aromatic carbocycles. The van der Waals surface area contributed by atoms with Gasteiger partial charge in [-0.15, -0.1) is 11.3 Å². The van der Waals surface area contributed by atoms with E-state index < -0.39 is 0 Å². The molecule has 1 heterocycles. The first-order valence-electron chi connectivity index (χ1n) is 6.37. The summed E-state index contributed by atoms with van der Waals surface area (Å²) >= 11 is 1.71. The molecule has 3 aromatic rings. The molecule has 0 aliphatic carbocycles.